The normalized spacial score (nSPS) is 12.0. The summed E-state index contributed by atoms with van der Waals surface area (Å²) in [5, 5.41) is 6.98. The lowest BCUT2D eigenvalue weighted by Crippen LogP contribution is -2.37. The van der Waals surface area contributed by atoms with Crippen LogP contribution in [0, 0.1) is 5.41 Å². The number of benzene rings is 1. The number of anilines is 1. The van der Waals surface area contributed by atoms with Crippen LogP contribution in [0.25, 0.3) is 0 Å². The molecule has 7 nitrogen and oxygen atoms in total. The van der Waals surface area contributed by atoms with Crippen molar-refractivity contribution in [2.24, 2.45) is 5.73 Å². The number of amidine groups is 1. The third kappa shape index (κ3) is 7.37. The second kappa shape index (κ2) is 6.63. The number of rotatable bonds is 7. The number of nitrogens with two attached hydrogens (primary N) is 1. The molecule has 118 valence electrons. The van der Waals surface area contributed by atoms with Gasteiger partial charge in [0.1, 0.15) is 24.7 Å². The molecule has 11 heteroatoms. The third-order valence-electron chi connectivity index (χ3n) is 1.94. The standard InChI is InChI=1S/C10H13F3N4O3S/c11-10(12,13)6-16-21(18,19)17-7-2-1-3-8(4-7)20-5-9(14)15/h1-4,16-17H,5-6H2,(H3,14,15). The minimum absolute atomic E-state index is 0.00530. The van der Waals surface area contributed by atoms with Crippen LogP contribution in [-0.2, 0) is 10.2 Å². The minimum Gasteiger partial charge on any atom is -0.486 e. The first kappa shape index (κ1) is 17.0. The molecule has 0 heterocycles. The molecule has 0 unspecified atom stereocenters. The van der Waals surface area contributed by atoms with Crippen LogP contribution in [0.15, 0.2) is 24.3 Å². The number of ether oxygens (including phenoxy) is 1. The first-order valence-electron chi connectivity index (χ1n) is 5.47. The molecule has 0 aliphatic heterocycles. The van der Waals surface area contributed by atoms with Gasteiger partial charge in [-0.3, -0.25) is 10.1 Å². The summed E-state index contributed by atoms with van der Waals surface area (Å²) >= 11 is 0. The Morgan fingerprint density at radius 2 is 2.05 bits per heavy atom. The van der Waals surface area contributed by atoms with Crippen LogP contribution in [-0.4, -0.2) is 33.6 Å². The van der Waals surface area contributed by atoms with Gasteiger partial charge in [0.15, 0.2) is 0 Å². The van der Waals surface area contributed by atoms with E-state index in [4.69, 9.17) is 15.9 Å². The van der Waals surface area contributed by atoms with Crippen molar-refractivity contribution in [1.29, 1.82) is 5.41 Å². The highest BCUT2D eigenvalue weighted by molar-refractivity contribution is 7.90. The van der Waals surface area contributed by atoms with Crippen molar-refractivity contribution in [3.05, 3.63) is 24.3 Å². The highest BCUT2D eigenvalue weighted by Gasteiger charge is 2.29. The molecule has 0 radical (unpaired) electrons. The number of halogens is 3. The van der Waals surface area contributed by atoms with Gasteiger partial charge in [-0.1, -0.05) is 6.07 Å². The average Bonchev–Trinajstić information content (AvgIpc) is 2.33. The van der Waals surface area contributed by atoms with Crippen molar-refractivity contribution in [1.82, 2.24) is 4.72 Å². The van der Waals surface area contributed by atoms with E-state index in [0.29, 0.717) is 0 Å². The predicted molar refractivity (Wildman–Crippen MR) is 70.5 cm³/mol. The van der Waals surface area contributed by atoms with E-state index in [1.807, 2.05) is 4.72 Å². The third-order valence-corrected chi connectivity index (χ3v) is 2.97. The van der Waals surface area contributed by atoms with Crippen LogP contribution in [0.5, 0.6) is 5.75 Å². The van der Waals surface area contributed by atoms with Gasteiger partial charge in [-0.2, -0.15) is 26.3 Å². The second-order valence-corrected chi connectivity index (χ2v) is 5.38. The van der Waals surface area contributed by atoms with E-state index in [1.54, 1.807) is 0 Å². The number of alkyl halides is 3. The Labute approximate surface area is 119 Å². The van der Waals surface area contributed by atoms with Gasteiger partial charge >= 0.3 is 6.18 Å². The highest BCUT2D eigenvalue weighted by atomic mass is 32.2. The Hall–Kier alpha value is -2.01. The van der Waals surface area contributed by atoms with E-state index >= 15 is 0 Å². The van der Waals surface area contributed by atoms with Crippen LogP contribution in [0.2, 0.25) is 0 Å². The van der Waals surface area contributed by atoms with E-state index in [2.05, 4.69) is 0 Å². The van der Waals surface area contributed by atoms with E-state index in [9.17, 15) is 21.6 Å². The fourth-order valence-corrected chi connectivity index (χ4v) is 2.04. The zero-order valence-electron chi connectivity index (χ0n) is 10.6. The molecule has 5 N–H and O–H groups in total. The SMILES string of the molecule is N=C(N)COc1cccc(NS(=O)(=O)NCC(F)(F)F)c1. The number of hydrogen-bond acceptors (Lipinski definition) is 4. The van der Waals surface area contributed by atoms with Crippen LogP contribution in [0.1, 0.15) is 0 Å². The highest BCUT2D eigenvalue weighted by Crippen LogP contribution is 2.18. The Kier molecular flexibility index (Phi) is 5.38. The van der Waals surface area contributed by atoms with E-state index in [0.717, 1.165) is 0 Å². The Morgan fingerprint density at radius 3 is 2.62 bits per heavy atom. The summed E-state index contributed by atoms with van der Waals surface area (Å²) in [6, 6.07) is 5.48. The molecular formula is C10H13F3N4O3S. The predicted octanol–water partition coefficient (Wildman–Crippen LogP) is 0.810. The monoisotopic (exact) mass is 326 g/mol. The number of hydrogen-bond donors (Lipinski definition) is 4. The Morgan fingerprint density at radius 1 is 1.38 bits per heavy atom. The average molecular weight is 326 g/mol. The van der Waals surface area contributed by atoms with Crippen molar-refractivity contribution in [3.8, 4) is 5.75 Å². The summed E-state index contributed by atoms with van der Waals surface area (Å²) in [5.41, 5.74) is 5.10. The quantitative estimate of drug-likeness (QED) is 0.438. The van der Waals surface area contributed by atoms with Gasteiger partial charge in [0.05, 0.1) is 5.69 Å². The number of nitrogens with one attached hydrogen (secondary N) is 3. The van der Waals surface area contributed by atoms with Gasteiger partial charge in [-0.25, -0.2) is 0 Å². The topological polar surface area (TPSA) is 117 Å². The molecule has 1 rings (SSSR count). The molecule has 1 aromatic carbocycles. The Balaban J connectivity index is 2.69. The molecule has 0 spiro atoms. The molecular weight excluding hydrogens is 313 g/mol. The summed E-state index contributed by atoms with van der Waals surface area (Å²) in [5.74, 6) is -0.0194. The second-order valence-electron chi connectivity index (χ2n) is 3.88. The van der Waals surface area contributed by atoms with Gasteiger partial charge < -0.3 is 10.5 Å². The van der Waals surface area contributed by atoms with E-state index in [1.165, 1.54) is 29.0 Å². The smallest absolute Gasteiger partial charge is 0.402 e. The van der Waals surface area contributed by atoms with Gasteiger partial charge in [-0.05, 0) is 12.1 Å². The zero-order chi connectivity index (χ0) is 16.1. The van der Waals surface area contributed by atoms with Crippen molar-refractivity contribution in [3.63, 3.8) is 0 Å². The fourth-order valence-electron chi connectivity index (χ4n) is 1.18. The van der Waals surface area contributed by atoms with Crippen molar-refractivity contribution < 1.29 is 26.3 Å². The molecule has 0 aromatic heterocycles. The molecule has 0 atom stereocenters. The maximum atomic E-state index is 12.0. The molecule has 0 aliphatic rings. The van der Waals surface area contributed by atoms with Gasteiger partial charge in [0.25, 0.3) is 10.2 Å². The van der Waals surface area contributed by atoms with Gasteiger partial charge in [-0.15, -0.1) is 0 Å². The van der Waals surface area contributed by atoms with Crippen LogP contribution < -0.4 is 19.9 Å². The lowest BCUT2D eigenvalue weighted by molar-refractivity contribution is -0.121. The first-order chi connectivity index (χ1) is 9.57. The van der Waals surface area contributed by atoms with Crippen molar-refractivity contribution >= 4 is 21.7 Å². The van der Waals surface area contributed by atoms with E-state index < -0.39 is 22.9 Å². The largest absolute Gasteiger partial charge is 0.486 e. The van der Waals surface area contributed by atoms with Crippen molar-refractivity contribution in [2.75, 3.05) is 17.9 Å². The molecule has 21 heavy (non-hydrogen) atoms. The van der Waals surface area contributed by atoms with Crippen LogP contribution >= 0.6 is 0 Å². The molecule has 0 aliphatic carbocycles. The van der Waals surface area contributed by atoms with Gasteiger partial charge in [0, 0.05) is 6.07 Å². The first-order valence-corrected chi connectivity index (χ1v) is 6.96. The molecule has 0 saturated carbocycles. The van der Waals surface area contributed by atoms with Crippen LogP contribution in [0.4, 0.5) is 18.9 Å². The molecule has 1 aromatic rings. The van der Waals surface area contributed by atoms with Gasteiger partial charge in [0.2, 0.25) is 0 Å². The summed E-state index contributed by atoms with van der Waals surface area (Å²) < 4.78 is 67.0. The summed E-state index contributed by atoms with van der Waals surface area (Å²) in [7, 11) is -4.36. The maximum Gasteiger partial charge on any atom is 0.402 e. The molecule has 0 fully saturated rings. The maximum absolute atomic E-state index is 12.0. The lowest BCUT2D eigenvalue weighted by atomic mass is 10.3. The van der Waals surface area contributed by atoms with Crippen LogP contribution in [0.3, 0.4) is 0 Å². The van der Waals surface area contributed by atoms with Crippen molar-refractivity contribution in [2.45, 2.75) is 6.18 Å². The summed E-state index contributed by atoms with van der Waals surface area (Å²) in [4.78, 5) is 0. The fraction of sp³-hybridized carbons (Fsp3) is 0.300. The molecule has 0 amide bonds. The minimum atomic E-state index is -4.65. The lowest BCUT2D eigenvalue weighted by Gasteiger charge is -2.12. The van der Waals surface area contributed by atoms with E-state index in [-0.39, 0.29) is 23.9 Å². The zero-order valence-corrected chi connectivity index (χ0v) is 11.4. The Bertz CT molecular complexity index is 604. The summed E-state index contributed by atoms with van der Waals surface area (Å²) in [6.45, 7) is -1.87. The summed E-state index contributed by atoms with van der Waals surface area (Å²) in [6.07, 6.45) is -4.65. The molecule has 0 saturated heterocycles. The molecule has 0 bridgehead atoms.